The van der Waals surface area contributed by atoms with Crippen molar-refractivity contribution in [1.29, 1.82) is 0 Å². The maximum atomic E-state index is 9.73. The molecule has 0 unspecified atom stereocenters. The van der Waals surface area contributed by atoms with Crippen LogP contribution >= 0.6 is 11.8 Å². The third-order valence-corrected chi connectivity index (χ3v) is 1.60. The van der Waals surface area contributed by atoms with E-state index in [0.29, 0.717) is 5.75 Å². The van der Waals surface area contributed by atoms with Crippen LogP contribution in [-0.2, 0) is 0 Å². The normalized spacial score (nSPS) is 8.89. The molecule has 0 rings (SSSR count). The quantitative estimate of drug-likeness (QED) is 0.254. The molecule has 4 heteroatoms. The molecule has 0 radical (unpaired) electrons. The van der Waals surface area contributed by atoms with Crippen molar-refractivity contribution >= 4 is 11.8 Å². The Labute approximate surface area is 58.3 Å². The second kappa shape index (κ2) is 5.62. The zero-order chi connectivity index (χ0) is 7.11. The summed E-state index contributed by atoms with van der Waals surface area (Å²) in [7, 11) is 0. The van der Waals surface area contributed by atoms with E-state index in [1.807, 2.05) is 0 Å². The lowest BCUT2D eigenvalue weighted by Gasteiger charge is -1.90. The highest BCUT2D eigenvalue weighted by molar-refractivity contribution is 7.99. The molecule has 0 aromatic rings. The molecule has 0 saturated carbocycles. The standard InChI is InChI=1S/C5H9NO2S/c1-2-4-9-5-3-6(7)8/h2H,1,3-5H2. The van der Waals surface area contributed by atoms with Gasteiger partial charge in [0.2, 0.25) is 6.54 Å². The highest BCUT2D eigenvalue weighted by atomic mass is 32.2. The van der Waals surface area contributed by atoms with Gasteiger partial charge in [-0.3, -0.25) is 10.1 Å². The van der Waals surface area contributed by atoms with Crippen molar-refractivity contribution in [3.05, 3.63) is 22.8 Å². The Kier molecular flexibility index (Phi) is 5.30. The summed E-state index contributed by atoms with van der Waals surface area (Å²) in [4.78, 5) is 9.42. The van der Waals surface area contributed by atoms with Crippen molar-refractivity contribution in [2.75, 3.05) is 18.1 Å². The smallest absolute Gasteiger partial charge is 0.212 e. The molecule has 0 aliphatic carbocycles. The summed E-state index contributed by atoms with van der Waals surface area (Å²) >= 11 is 1.52. The number of nitrogens with zero attached hydrogens (tertiary/aromatic N) is 1. The Morgan fingerprint density at radius 3 is 2.89 bits per heavy atom. The molecule has 0 amide bonds. The van der Waals surface area contributed by atoms with Gasteiger partial charge in [-0.05, 0) is 0 Å². The number of thioether (sulfide) groups is 1. The first-order valence-electron chi connectivity index (χ1n) is 2.58. The van der Waals surface area contributed by atoms with Crippen LogP contribution in [0.5, 0.6) is 0 Å². The van der Waals surface area contributed by atoms with Gasteiger partial charge in [0.25, 0.3) is 0 Å². The molecule has 0 saturated heterocycles. The van der Waals surface area contributed by atoms with Crippen molar-refractivity contribution < 1.29 is 4.92 Å². The van der Waals surface area contributed by atoms with E-state index in [2.05, 4.69) is 6.58 Å². The van der Waals surface area contributed by atoms with Crippen molar-refractivity contribution in [2.24, 2.45) is 0 Å². The fourth-order valence-corrected chi connectivity index (χ4v) is 0.917. The average Bonchev–Trinajstić information content (AvgIpc) is 1.80. The van der Waals surface area contributed by atoms with E-state index in [-0.39, 0.29) is 11.5 Å². The summed E-state index contributed by atoms with van der Waals surface area (Å²) in [5, 5.41) is 9.73. The zero-order valence-corrected chi connectivity index (χ0v) is 5.89. The molecule has 0 N–H and O–H groups in total. The zero-order valence-electron chi connectivity index (χ0n) is 5.08. The van der Waals surface area contributed by atoms with Gasteiger partial charge in [-0.1, -0.05) is 6.08 Å². The van der Waals surface area contributed by atoms with E-state index in [1.165, 1.54) is 11.8 Å². The summed E-state index contributed by atoms with van der Waals surface area (Å²) in [5.74, 6) is 1.38. The number of nitro groups is 1. The van der Waals surface area contributed by atoms with Gasteiger partial charge in [0.05, 0.1) is 5.75 Å². The first-order valence-corrected chi connectivity index (χ1v) is 3.73. The molecule has 0 aliphatic rings. The summed E-state index contributed by atoms with van der Waals surface area (Å²) in [6.45, 7) is 3.54. The molecule has 3 nitrogen and oxygen atoms in total. The van der Waals surface area contributed by atoms with E-state index in [9.17, 15) is 10.1 Å². The first kappa shape index (κ1) is 8.49. The maximum absolute atomic E-state index is 9.73. The van der Waals surface area contributed by atoms with Crippen molar-refractivity contribution in [1.82, 2.24) is 0 Å². The van der Waals surface area contributed by atoms with Crippen LogP contribution in [0, 0.1) is 10.1 Å². The molecule has 0 spiro atoms. The fourth-order valence-electron chi connectivity index (χ4n) is 0.306. The molecule has 52 valence electrons. The predicted molar refractivity (Wildman–Crippen MR) is 39.4 cm³/mol. The average molecular weight is 147 g/mol. The Balaban J connectivity index is 2.91. The molecule has 0 heterocycles. The molecule has 0 aliphatic heterocycles. The van der Waals surface area contributed by atoms with Crippen LogP contribution in [0.1, 0.15) is 0 Å². The van der Waals surface area contributed by atoms with Crippen LogP contribution < -0.4 is 0 Å². The Hall–Kier alpha value is -0.510. The fraction of sp³-hybridized carbons (Fsp3) is 0.600. The monoisotopic (exact) mass is 147 g/mol. The number of rotatable bonds is 5. The summed E-state index contributed by atoms with van der Waals surface area (Å²) in [6, 6.07) is 0. The lowest BCUT2D eigenvalue weighted by molar-refractivity contribution is -0.474. The van der Waals surface area contributed by atoms with Gasteiger partial charge < -0.3 is 0 Å². The van der Waals surface area contributed by atoms with Crippen LogP contribution in [0.25, 0.3) is 0 Å². The molecule has 0 bridgehead atoms. The van der Waals surface area contributed by atoms with Crippen molar-refractivity contribution in [3.8, 4) is 0 Å². The minimum Gasteiger partial charge on any atom is -0.265 e. The van der Waals surface area contributed by atoms with Gasteiger partial charge in [-0.2, -0.15) is 11.8 Å². The highest BCUT2D eigenvalue weighted by Crippen LogP contribution is 1.97. The van der Waals surface area contributed by atoms with E-state index in [4.69, 9.17) is 0 Å². The molecular weight excluding hydrogens is 138 g/mol. The van der Waals surface area contributed by atoms with E-state index < -0.39 is 0 Å². The Morgan fingerprint density at radius 1 is 1.78 bits per heavy atom. The largest absolute Gasteiger partial charge is 0.265 e. The summed E-state index contributed by atoms with van der Waals surface area (Å²) in [6.07, 6.45) is 1.74. The van der Waals surface area contributed by atoms with Crippen LogP contribution in [-0.4, -0.2) is 23.0 Å². The Morgan fingerprint density at radius 2 is 2.44 bits per heavy atom. The number of hydrogen-bond donors (Lipinski definition) is 0. The van der Waals surface area contributed by atoms with Crippen molar-refractivity contribution in [3.63, 3.8) is 0 Å². The predicted octanol–water partition coefficient (Wildman–Crippen LogP) is 1.18. The maximum Gasteiger partial charge on any atom is 0.212 e. The first-order chi connectivity index (χ1) is 4.27. The third kappa shape index (κ3) is 7.49. The molecule has 9 heavy (non-hydrogen) atoms. The van der Waals surface area contributed by atoms with Gasteiger partial charge >= 0.3 is 0 Å². The molecule has 0 atom stereocenters. The van der Waals surface area contributed by atoms with Gasteiger partial charge in [-0.15, -0.1) is 6.58 Å². The van der Waals surface area contributed by atoms with Gasteiger partial charge in [0.1, 0.15) is 0 Å². The summed E-state index contributed by atoms with van der Waals surface area (Å²) in [5.41, 5.74) is 0. The van der Waals surface area contributed by atoms with E-state index in [1.54, 1.807) is 6.08 Å². The van der Waals surface area contributed by atoms with Gasteiger partial charge in [-0.25, -0.2) is 0 Å². The third-order valence-electron chi connectivity index (χ3n) is 0.654. The van der Waals surface area contributed by atoms with Gasteiger partial charge in [0.15, 0.2) is 0 Å². The SMILES string of the molecule is C=CCSCC[N+](=O)[O-]. The minimum absolute atomic E-state index is 0.0541. The molecule has 0 aromatic carbocycles. The van der Waals surface area contributed by atoms with Crippen LogP contribution in [0.2, 0.25) is 0 Å². The van der Waals surface area contributed by atoms with Crippen molar-refractivity contribution in [2.45, 2.75) is 0 Å². The van der Waals surface area contributed by atoms with Crippen LogP contribution in [0.15, 0.2) is 12.7 Å². The topological polar surface area (TPSA) is 43.1 Å². The van der Waals surface area contributed by atoms with E-state index in [0.717, 1.165) is 5.75 Å². The molecular formula is C5H9NO2S. The molecule has 0 aromatic heterocycles. The second-order valence-corrected chi connectivity index (χ2v) is 2.57. The molecule has 0 fully saturated rings. The highest BCUT2D eigenvalue weighted by Gasteiger charge is 1.93. The Bertz CT molecular complexity index is 105. The number of hydrogen-bond acceptors (Lipinski definition) is 3. The minimum atomic E-state index is -0.309. The van der Waals surface area contributed by atoms with Crippen LogP contribution in [0.4, 0.5) is 0 Å². The van der Waals surface area contributed by atoms with E-state index >= 15 is 0 Å². The van der Waals surface area contributed by atoms with Crippen LogP contribution in [0.3, 0.4) is 0 Å². The second-order valence-electron chi connectivity index (χ2n) is 1.42. The summed E-state index contributed by atoms with van der Waals surface area (Å²) < 4.78 is 0. The lowest BCUT2D eigenvalue weighted by atomic mass is 10.8. The van der Waals surface area contributed by atoms with Gasteiger partial charge in [0, 0.05) is 10.7 Å². The lowest BCUT2D eigenvalue weighted by Crippen LogP contribution is -2.02.